The van der Waals surface area contributed by atoms with Crippen molar-refractivity contribution in [3.63, 3.8) is 0 Å². The van der Waals surface area contributed by atoms with Crippen LogP contribution in [0, 0.1) is 13.8 Å². The molecule has 2 rings (SSSR count). The molecule has 4 heteroatoms. The number of hydrogen-bond donors (Lipinski definition) is 1. The largest absolute Gasteiger partial charge is 0.335 e. The molecule has 1 aliphatic rings. The monoisotopic (exact) mass is 282 g/mol. The zero-order valence-corrected chi connectivity index (χ0v) is 12.5. The highest BCUT2D eigenvalue weighted by molar-refractivity contribution is 5.85. The van der Waals surface area contributed by atoms with E-state index >= 15 is 0 Å². The summed E-state index contributed by atoms with van der Waals surface area (Å²) >= 11 is 0. The van der Waals surface area contributed by atoms with Crippen molar-refractivity contribution in [1.82, 2.24) is 4.90 Å². The second-order valence-electron chi connectivity index (χ2n) is 5.09. The maximum Gasteiger partial charge on any atom is 0.236 e. The fourth-order valence-electron chi connectivity index (χ4n) is 2.81. The number of benzene rings is 1. The fraction of sp³-hybridized carbons (Fsp3) is 0.533. The molecule has 1 fully saturated rings. The quantitative estimate of drug-likeness (QED) is 0.907. The molecule has 106 valence electrons. The minimum atomic E-state index is 0. The molecule has 0 spiro atoms. The average Bonchev–Trinajstić information content (AvgIpc) is 2.41. The summed E-state index contributed by atoms with van der Waals surface area (Å²) in [5, 5.41) is 0. The molecular formula is C15H23ClN2O. The Hall–Kier alpha value is -1.06. The molecule has 0 aromatic heterocycles. The minimum absolute atomic E-state index is 0. The van der Waals surface area contributed by atoms with E-state index in [0.717, 1.165) is 19.4 Å². The van der Waals surface area contributed by atoms with Crippen molar-refractivity contribution in [2.75, 3.05) is 13.1 Å². The van der Waals surface area contributed by atoms with Crippen molar-refractivity contribution in [3.8, 4) is 0 Å². The molecule has 1 atom stereocenters. The van der Waals surface area contributed by atoms with Gasteiger partial charge in [0.25, 0.3) is 0 Å². The number of aryl methyl sites for hydroxylation is 1. The molecule has 0 bridgehead atoms. The van der Waals surface area contributed by atoms with Crippen molar-refractivity contribution < 1.29 is 4.79 Å². The lowest BCUT2D eigenvalue weighted by molar-refractivity contribution is -0.133. The molecule has 0 aliphatic carbocycles. The maximum atomic E-state index is 11.9. The van der Waals surface area contributed by atoms with Gasteiger partial charge in [-0.1, -0.05) is 18.2 Å². The van der Waals surface area contributed by atoms with Gasteiger partial charge in [0.05, 0.1) is 12.6 Å². The second kappa shape index (κ2) is 6.92. The van der Waals surface area contributed by atoms with Gasteiger partial charge in [-0.05, 0) is 49.8 Å². The van der Waals surface area contributed by atoms with Gasteiger partial charge in [0.2, 0.25) is 5.91 Å². The standard InChI is InChI=1S/C15H22N2O.ClH/c1-11-6-5-7-13(12(11)2)14-8-3-4-9-17(14)15(18)10-16;/h5-7,14H,3-4,8-10,16H2,1-2H3;1H. The first-order valence-corrected chi connectivity index (χ1v) is 6.70. The lowest BCUT2D eigenvalue weighted by atomic mass is 9.90. The summed E-state index contributed by atoms with van der Waals surface area (Å²) in [6.07, 6.45) is 3.33. The van der Waals surface area contributed by atoms with Gasteiger partial charge in [0.15, 0.2) is 0 Å². The van der Waals surface area contributed by atoms with Crippen LogP contribution in [-0.2, 0) is 4.79 Å². The predicted octanol–water partition coefficient (Wildman–Crippen LogP) is 2.74. The molecule has 1 amide bonds. The minimum Gasteiger partial charge on any atom is -0.335 e. The Bertz CT molecular complexity index is 448. The van der Waals surface area contributed by atoms with Crippen LogP contribution in [0.2, 0.25) is 0 Å². The van der Waals surface area contributed by atoms with Gasteiger partial charge in [-0.3, -0.25) is 4.79 Å². The van der Waals surface area contributed by atoms with Gasteiger partial charge in [-0.25, -0.2) is 0 Å². The number of likely N-dealkylation sites (tertiary alicyclic amines) is 1. The second-order valence-corrected chi connectivity index (χ2v) is 5.09. The number of halogens is 1. The third-order valence-corrected chi connectivity index (χ3v) is 4.00. The Morgan fingerprint density at radius 1 is 1.37 bits per heavy atom. The lowest BCUT2D eigenvalue weighted by Crippen LogP contribution is -2.42. The van der Waals surface area contributed by atoms with Gasteiger partial charge in [0, 0.05) is 6.54 Å². The molecule has 0 saturated carbocycles. The molecule has 1 heterocycles. The van der Waals surface area contributed by atoms with E-state index in [1.54, 1.807) is 0 Å². The van der Waals surface area contributed by atoms with Gasteiger partial charge >= 0.3 is 0 Å². The van der Waals surface area contributed by atoms with Crippen molar-refractivity contribution >= 4 is 18.3 Å². The molecule has 19 heavy (non-hydrogen) atoms. The van der Waals surface area contributed by atoms with E-state index in [0.29, 0.717) is 0 Å². The van der Waals surface area contributed by atoms with Crippen LogP contribution in [0.3, 0.4) is 0 Å². The van der Waals surface area contributed by atoms with E-state index < -0.39 is 0 Å². The maximum absolute atomic E-state index is 11.9. The highest BCUT2D eigenvalue weighted by Crippen LogP contribution is 2.33. The Morgan fingerprint density at radius 2 is 2.11 bits per heavy atom. The zero-order chi connectivity index (χ0) is 13.1. The third-order valence-electron chi connectivity index (χ3n) is 4.00. The van der Waals surface area contributed by atoms with E-state index in [-0.39, 0.29) is 30.9 Å². The molecule has 0 radical (unpaired) electrons. The molecule has 1 aliphatic heterocycles. The van der Waals surface area contributed by atoms with Crippen LogP contribution in [0.1, 0.15) is 42.0 Å². The number of piperidine rings is 1. The summed E-state index contributed by atoms with van der Waals surface area (Å²) in [6.45, 7) is 5.22. The summed E-state index contributed by atoms with van der Waals surface area (Å²) < 4.78 is 0. The number of hydrogen-bond acceptors (Lipinski definition) is 2. The summed E-state index contributed by atoms with van der Waals surface area (Å²) in [5.41, 5.74) is 9.40. The number of rotatable bonds is 2. The molecule has 1 saturated heterocycles. The SMILES string of the molecule is Cc1cccc(C2CCCCN2C(=O)CN)c1C.Cl. The van der Waals surface area contributed by atoms with Gasteiger partial charge in [0.1, 0.15) is 0 Å². The fourth-order valence-corrected chi connectivity index (χ4v) is 2.81. The normalized spacial score (nSPS) is 18.9. The van der Waals surface area contributed by atoms with E-state index in [1.807, 2.05) is 4.90 Å². The van der Waals surface area contributed by atoms with Crippen LogP contribution >= 0.6 is 12.4 Å². The number of nitrogens with two attached hydrogens (primary N) is 1. The molecule has 3 nitrogen and oxygen atoms in total. The van der Waals surface area contributed by atoms with Crippen molar-refractivity contribution in [1.29, 1.82) is 0 Å². The van der Waals surface area contributed by atoms with Gasteiger partial charge < -0.3 is 10.6 Å². The Balaban J connectivity index is 0.00000180. The van der Waals surface area contributed by atoms with E-state index in [4.69, 9.17) is 5.73 Å². The van der Waals surface area contributed by atoms with Crippen molar-refractivity contribution in [2.45, 2.75) is 39.2 Å². The Morgan fingerprint density at radius 3 is 2.79 bits per heavy atom. The first-order chi connectivity index (χ1) is 8.65. The van der Waals surface area contributed by atoms with Crippen molar-refractivity contribution in [3.05, 3.63) is 34.9 Å². The third kappa shape index (κ3) is 3.28. The van der Waals surface area contributed by atoms with E-state index in [9.17, 15) is 4.79 Å². The lowest BCUT2D eigenvalue weighted by Gasteiger charge is -2.37. The van der Waals surface area contributed by atoms with Crippen LogP contribution in [0.25, 0.3) is 0 Å². The van der Waals surface area contributed by atoms with Crippen LogP contribution < -0.4 is 5.73 Å². The number of amides is 1. The first-order valence-electron chi connectivity index (χ1n) is 6.70. The smallest absolute Gasteiger partial charge is 0.236 e. The van der Waals surface area contributed by atoms with Crippen LogP contribution in [-0.4, -0.2) is 23.9 Å². The van der Waals surface area contributed by atoms with E-state index in [1.165, 1.54) is 23.1 Å². The Labute approximate surface area is 121 Å². The molecule has 1 unspecified atom stereocenters. The highest BCUT2D eigenvalue weighted by Gasteiger charge is 2.28. The summed E-state index contributed by atoms with van der Waals surface area (Å²) in [4.78, 5) is 13.9. The van der Waals surface area contributed by atoms with Crippen LogP contribution in [0.4, 0.5) is 0 Å². The molecule has 2 N–H and O–H groups in total. The van der Waals surface area contributed by atoms with Gasteiger partial charge in [-0.15, -0.1) is 12.4 Å². The van der Waals surface area contributed by atoms with Crippen molar-refractivity contribution in [2.24, 2.45) is 5.73 Å². The number of carbonyl (C=O) groups excluding carboxylic acids is 1. The average molecular weight is 283 g/mol. The molecule has 1 aromatic rings. The van der Waals surface area contributed by atoms with Crippen LogP contribution in [0.5, 0.6) is 0 Å². The zero-order valence-electron chi connectivity index (χ0n) is 11.7. The van der Waals surface area contributed by atoms with E-state index in [2.05, 4.69) is 32.0 Å². The summed E-state index contributed by atoms with van der Waals surface area (Å²) in [7, 11) is 0. The summed E-state index contributed by atoms with van der Waals surface area (Å²) in [5.74, 6) is 0.0700. The Kier molecular flexibility index (Phi) is 5.83. The topological polar surface area (TPSA) is 46.3 Å². The first kappa shape index (κ1) is 16.0. The number of nitrogens with zero attached hydrogens (tertiary/aromatic N) is 1. The summed E-state index contributed by atoms with van der Waals surface area (Å²) in [6, 6.07) is 6.57. The molecule has 1 aromatic carbocycles. The number of carbonyl (C=O) groups is 1. The van der Waals surface area contributed by atoms with Gasteiger partial charge in [-0.2, -0.15) is 0 Å². The molecular weight excluding hydrogens is 260 g/mol. The van der Waals surface area contributed by atoms with Crippen LogP contribution in [0.15, 0.2) is 18.2 Å². The predicted molar refractivity (Wildman–Crippen MR) is 80.5 cm³/mol. The highest BCUT2D eigenvalue weighted by atomic mass is 35.5.